The van der Waals surface area contributed by atoms with E-state index in [0.29, 0.717) is 0 Å². The van der Waals surface area contributed by atoms with Crippen LogP contribution in [0.4, 0.5) is 0 Å². The van der Waals surface area contributed by atoms with E-state index in [4.69, 9.17) is 0 Å². The molecule has 0 saturated carbocycles. The third kappa shape index (κ3) is 4.44. The highest BCUT2D eigenvalue weighted by Gasteiger charge is 2.13. The van der Waals surface area contributed by atoms with Gasteiger partial charge in [0.2, 0.25) is 0 Å². The van der Waals surface area contributed by atoms with Crippen LogP contribution in [0.15, 0.2) is 0 Å². The lowest BCUT2D eigenvalue weighted by Gasteiger charge is -2.22. The van der Waals surface area contributed by atoms with E-state index in [1.54, 1.807) is 0 Å². The molecule has 11 heavy (non-hydrogen) atoms. The number of rotatable bonds is 4. The van der Waals surface area contributed by atoms with Crippen LogP contribution in [0.3, 0.4) is 0 Å². The minimum atomic E-state index is 0.844. The van der Waals surface area contributed by atoms with Crippen LogP contribution >= 0.6 is 0 Å². The molecule has 0 heteroatoms. The van der Waals surface area contributed by atoms with Gasteiger partial charge in [-0.3, -0.25) is 0 Å². The van der Waals surface area contributed by atoms with Crippen LogP contribution in [-0.2, 0) is 0 Å². The zero-order valence-corrected chi connectivity index (χ0v) is 9.02. The maximum absolute atomic E-state index is 2.36. The molecule has 0 rings (SSSR count). The smallest absolute Gasteiger partial charge is 0.0417 e. The van der Waals surface area contributed by atoms with Gasteiger partial charge in [-0.1, -0.05) is 41.5 Å². The van der Waals surface area contributed by atoms with Crippen LogP contribution in [0.2, 0.25) is 0 Å². The Kier molecular flexibility index (Phi) is 4.79. The van der Waals surface area contributed by atoms with Crippen molar-refractivity contribution in [2.24, 2.45) is 23.7 Å². The van der Waals surface area contributed by atoms with Crippen LogP contribution in [0, 0.1) is 23.7 Å². The molecule has 0 nitrogen and oxygen atoms in total. The molecule has 0 saturated heterocycles. The van der Waals surface area contributed by atoms with Gasteiger partial charge in [0.25, 0.3) is 0 Å². The lowest BCUT2D eigenvalue weighted by Crippen LogP contribution is -2.12. The van der Waals surface area contributed by atoms with Crippen molar-refractivity contribution in [3.63, 3.8) is 0 Å². The van der Waals surface area contributed by atoms with Crippen molar-refractivity contribution in [1.82, 2.24) is 0 Å². The third-order valence-electron chi connectivity index (χ3n) is 3.02. The summed E-state index contributed by atoms with van der Waals surface area (Å²) in [6.07, 6.45) is 1.38. The summed E-state index contributed by atoms with van der Waals surface area (Å²) in [5, 5.41) is 0. The molecule has 2 unspecified atom stereocenters. The Morgan fingerprint density at radius 1 is 0.636 bits per heavy atom. The van der Waals surface area contributed by atoms with Crippen molar-refractivity contribution < 1.29 is 0 Å². The third-order valence-corrected chi connectivity index (χ3v) is 3.02. The Hall–Kier alpha value is 0. The summed E-state index contributed by atoms with van der Waals surface area (Å²) in [6, 6.07) is 0. The molecule has 0 fully saturated rings. The highest BCUT2D eigenvalue weighted by atomic mass is 14.2. The second kappa shape index (κ2) is 4.79. The largest absolute Gasteiger partial charge is 0.0625 e. The molecule has 2 atom stereocenters. The molecule has 0 aliphatic carbocycles. The molecule has 0 amide bonds. The minimum Gasteiger partial charge on any atom is -0.0625 e. The zero-order chi connectivity index (χ0) is 9.02. The van der Waals surface area contributed by atoms with Gasteiger partial charge in [-0.15, -0.1) is 0 Å². The fourth-order valence-electron chi connectivity index (χ4n) is 1.13. The van der Waals surface area contributed by atoms with Crippen molar-refractivity contribution in [2.75, 3.05) is 0 Å². The number of hydrogen-bond acceptors (Lipinski definition) is 0. The van der Waals surface area contributed by atoms with Gasteiger partial charge in [0.1, 0.15) is 0 Å². The van der Waals surface area contributed by atoms with Crippen molar-refractivity contribution in [3.05, 3.63) is 0 Å². The van der Waals surface area contributed by atoms with Crippen molar-refractivity contribution >= 4 is 0 Å². The Labute approximate surface area is 72.4 Å². The molecule has 0 aromatic heterocycles. The van der Waals surface area contributed by atoms with E-state index >= 15 is 0 Å². The monoisotopic (exact) mass is 156 g/mol. The van der Waals surface area contributed by atoms with Crippen molar-refractivity contribution in [1.29, 1.82) is 0 Å². The van der Waals surface area contributed by atoms with E-state index < -0.39 is 0 Å². The molecule has 0 aromatic carbocycles. The predicted octanol–water partition coefficient (Wildman–Crippen LogP) is 3.96. The van der Waals surface area contributed by atoms with E-state index in [1.165, 1.54) is 6.42 Å². The first-order valence-electron chi connectivity index (χ1n) is 4.95. The molecular weight excluding hydrogens is 132 g/mol. The van der Waals surface area contributed by atoms with Gasteiger partial charge in [0.05, 0.1) is 0 Å². The van der Waals surface area contributed by atoms with E-state index in [-0.39, 0.29) is 0 Å². The second-order valence-electron chi connectivity index (χ2n) is 4.68. The average Bonchev–Trinajstić information content (AvgIpc) is 1.87. The maximum atomic E-state index is 2.36. The summed E-state index contributed by atoms with van der Waals surface area (Å²) >= 11 is 0. The van der Waals surface area contributed by atoms with Crippen molar-refractivity contribution in [3.8, 4) is 0 Å². The average molecular weight is 156 g/mol. The lowest BCUT2D eigenvalue weighted by atomic mass is 9.84. The molecular formula is C11H24. The molecule has 0 aromatic rings. The molecule has 0 radical (unpaired) electrons. The lowest BCUT2D eigenvalue weighted by molar-refractivity contribution is 0.283. The van der Waals surface area contributed by atoms with Gasteiger partial charge >= 0.3 is 0 Å². The van der Waals surface area contributed by atoms with Crippen LogP contribution in [0.1, 0.15) is 48.0 Å². The second-order valence-corrected chi connectivity index (χ2v) is 4.68. The summed E-state index contributed by atoms with van der Waals surface area (Å²) in [4.78, 5) is 0. The standard InChI is InChI=1S/C11H24/c1-8(2)10(5)7-11(6)9(3)4/h8-11H,7H2,1-6H3. The van der Waals surface area contributed by atoms with Gasteiger partial charge in [-0.05, 0) is 30.1 Å². The van der Waals surface area contributed by atoms with E-state index in [1.807, 2.05) is 0 Å². The Morgan fingerprint density at radius 2 is 0.909 bits per heavy atom. The first-order chi connectivity index (χ1) is 4.95. The summed E-state index contributed by atoms with van der Waals surface area (Å²) in [5.74, 6) is 3.45. The first kappa shape index (κ1) is 11.0. The zero-order valence-electron chi connectivity index (χ0n) is 9.02. The number of hydrogen-bond donors (Lipinski definition) is 0. The summed E-state index contributed by atoms with van der Waals surface area (Å²) in [6.45, 7) is 14.0. The van der Waals surface area contributed by atoms with Crippen LogP contribution < -0.4 is 0 Å². The molecule has 0 bridgehead atoms. The maximum Gasteiger partial charge on any atom is -0.0417 e. The Balaban J connectivity index is 3.66. The molecule has 0 spiro atoms. The quantitative estimate of drug-likeness (QED) is 0.578. The van der Waals surface area contributed by atoms with Crippen molar-refractivity contribution in [2.45, 2.75) is 48.0 Å². The summed E-state index contributed by atoms with van der Waals surface area (Å²) in [5.41, 5.74) is 0. The molecule has 68 valence electrons. The van der Waals surface area contributed by atoms with Gasteiger partial charge < -0.3 is 0 Å². The van der Waals surface area contributed by atoms with E-state index in [2.05, 4.69) is 41.5 Å². The van der Waals surface area contributed by atoms with E-state index in [9.17, 15) is 0 Å². The molecule has 0 heterocycles. The van der Waals surface area contributed by atoms with Gasteiger partial charge in [-0.25, -0.2) is 0 Å². The summed E-state index contributed by atoms with van der Waals surface area (Å²) < 4.78 is 0. The SMILES string of the molecule is CC(C)C(C)CC(C)C(C)C. The van der Waals surface area contributed by atoms with Crippen LogP contribution in [0.5, 0.6) is 0 Å². The molecule has 0 aliphatic heterocycles. The topological polar surface area (TPSA) is 0 Å². The van der Waals surface area contributed by atoms with Crippen LogP contribution in [0.25, 0.3) is 0 Å². The molecule has 0 N–H and O–H groups in total. The van der Waals surface area contributed by atoms with Gasteiger partial charge in [0.15, 0.2) is 0 Å². The Morgan fingerprint density at radius 3 is 1.09 bits per heavy atom. The minimum absolute atomic E-state index is 0.844. The first-order valence-corrected chi connectivity index (χ1v) is 4.95. The molecule has 0 aliphatic rings. The fourth-order valence-corrected chi connectivity index (χ4v) is 1.13. The van der Waals surface area contributed by atoms with Gasteiger partial charge in [-0.2, -0.15) is 0 Å². The van der Waals surface area contributed by atoms with Crippen LogP contribution in [-0.4, -0.2) is 0 Å². The highest BCUT2D eigenvalue weighted by Crippen LogP contribution is 2.23. The highest BCUT2D eigenvalue weighted by molar-refractivity contribution is 4.64. The van der Waals surface area contributed by atoms with E-state index in [0.717, 1.165) is 23.7 Å². The predicted molar refractivity (Wildman–Crippen MR) is 52.6 cm³/mol. The Bertz CT molecular complexity index is 80.2. The fraction of sp³-hybridized carbons (Fsp3) is 1.00. The van der Waals surface area contributed by atoms with Gasteiger partial charge in [0, 0.05) is 0 Å². The summed E-state index contributed by atoms with van der Waals surface area (Å²) in [7, 11) is 0. The normalized spacial score (nSPS) is 17.5.